The van der Waals surface area contributed by atoms with Crippen molar-refractivity contribution >= 4 is 5.91 Å². The van der Waals surface area contributed by atoms with Gasteiger partial charge in [-0.25, -0.2) is 0 Å². The predicted molar refractivity (Wildman–Crippen MR) is 69.6 cm³/mol. The van der Waals surface area contributed by atoms with Gasteiger partial charge in [0.05, 0.1) is 6.26 Å². The van der Waals surface area contributed by atoms with Crippen molar-refractivity contribution in [3.05, 3.63) is 42.6 Å². The van der Waals surface area contributed by atoms with Gasteiger partial charge in [-0.3, -0.25) is 9.48 Å². The van der Waals surface area contributed by atoms with Crippen LogP contribution in [-0.2, 0) is 6.54 Å². The molecular weight excluding hydrogens is 242 g/mol. The zero-order chi connectivity index (χ0) is 13.1. The number of rotatable bonds is 3. The minimum atomic E-state index is 0.00235. The van der Waals surface area contributed by atoms with Crippen molar-refractivity contribution in [2.75, 3.05) is 13.1 Å². The maximum Gasteiger partial charge on any atom is 0.289 e. The van der Waals surface area contributed by atoms with Gasteiger partial charge in [-0.2, -0.15) is 5.10 Å². The molecule has 2 aromatic rings. The zero-order valence-electron chi connectivity index (χ0n) is 10.7. The van der Waals surface area contributed by atoms with Gasteiger partial charge in [0.2, 0.25) is 0 Å². The van der Waals surface area contributed by atoms with E-state index in [-0.39, 0.29) is 5.91 Å². The number of hydrogen-bond donors (Lipinski definition) is 0. The third kappa shape index (κ3) is 2.70. The van der Waals surface area contributed by atoms with Gasteiger partial charge < -0.3 is 9.32 Å². The Balaban J connectivity index is 1.53. The van der Waals surface area contributed by atoms with Gasteiger partial charge >= 0.3 is 0 Å². The molecule has 0 N–H and O–H groups in total. The minimum absolute atomic E-state index is 0.00235. The maximum atomic E-state index is 12.1. The first-order chi connectivity index (χ1) is 9.33. The summed E-state index contributed by atoms with van der Waals surface area (Å²) >= 11 is 0. The Labute approximate surface area is 111 Å². The highest BCUT2D eigenvalue weighted by Crippen LogP contribution is 2.20. The van der Waals surface area contributed by atoms with Gasteiger partial charge in [0.1, 0.15) is 0 Å². The molecule has 0 aromatic carbocycles. The number of likely N-dealkylation sites (tertiary alicyclic amines) is 1. The topological polar surface area (TPSA) is 51.3 Å². The van der Waals surface area contributed by atoms with Crippen LogP contribution in [0.1, 0.15) is 23.4 Å². The van der Waals surface area contributed by atoms with Crippen LogP contribution in [0.5, 0.6) is 0 Å². The summed E-state index contributed by atoms with van der Waals surface area (Å²) in [4.78, 5) is 14.0. The summed E-state index contributed by atoms with van der Waals surface area (Å²) in [5, 5.41) is 4.23. The summed E-state index contributed by atoms with van der Waals surface area (Å²) in [6.45, 7) is 2.53. The van der Waals surface area contributed by atoms with Crippen molar-refractivity contribution in [1.29, 1.82) is 0 Å². The van der Waals surface area contributed by atoms with Crippen LogP contribution in [0.25, 0.3) is 0 Å². The molecule has 0 radical (unpaired) electrons. The molecule has 100 valence electrons. The number of furan rings is 1. The van der Waals surface area contributed by atoms with Crippen molar-refractivity contribution in [2.24, 2.45) is 5.92 Å². The molecule has 1 aliphatic heterocycles. The molecule has 3 rings (SSSR count). The van der Waals surface area contributed by atoms with E-state index in [4.69, 9.17) is 4.42 Å². The molecule has 0 aliphatic carbocycles. The maximum absolute atomic E-state index is 12.1. The summed E-state index contributed by atoms with van der Waals surface area (Å²) in [6, 6.07) is 5.41. The Kier molecular flexibility index (Phi) is 3.35. The molecule has 3 heterocycles. The normalized spacial score (nSPS) is 16.7. The molecule has 0 atom stereocenters. The quantitative estimate of drug-likeness (QED) is 0.847. The highest BCUT2D eigenvalue weighted by Gasteiger charge is 2.25. The van der Waals surface area contributed by atoms with Crippen molar-refractivity contribution < 1.29 is 9.21 Å². The number of piperidine rings is 1. The monoisotopic (exact) mass is 259 g/mol. The van der Waals surface area contributed by atoms with Crippen LogP contribution in [0.2, 0.25) is 0 Å². The average Bonchev–Trinajstić information content (AvgIpc) is 3.12. The molecule has 0 unspecified atom stereocenters. The Bertz CT molecular complexity index is 511. The smallest absolute Gasteiger partial charge is 0.289 e. The first kappa shape index (κ1) is 12.0. The Morgan fingerprint density at radius 1 is 1.37 bits per heavy atom. The van der Waals surface area contributed by atoms with Gasteiger partial charge in [0, 0.05) is 32.0 Å². The van der Waals surface area contributed by atoms with Crippen molar-refractivity contribution in [2.45, 2.75) is 19.4 Å². The fourth-order valence-corrected chi connectivity index (χ4v) is 2.55. The van der Waals surface area contributed by atoms with Crippen LogP contribution < -0.4 is 0 Å². The van der Waals surface area contributed by atoms with E-state index in [0.717, 1.165) is 32.5 Å². The van der Waals surface area contributed by atoms with E-state index in [1.54, 1.807) is 18.3 Å². The van der Waals surface area contributed by atoms with Crippen LogP contribution in [0.15, 0.2) is 41.3 Å². The molecular formula is C14H17N3O2. The van der Waals surface area contributed by atoms with E-state index in [2.05, 4.69) is 5.10 Å². The summed E-state index contributed by atoms with van der Waals surface area (Å²) < 4.78 is 7.12. The van der Waals surface area contributed by atoms with E-state index in [0.29, 0.717) is 11.7 Å². The van der Waals surface area contributed by atoms with E-state index >= 15 is 0 Å². The van der Waals surface area contributed by atoms with E-state index in [1.807, 2.05) is 21.8 Å². The lowest BCUT2D eigenvalue weighted by Gasteiger charge is -2.31. The fourth-order valence-electron chi connectivity index (χ4n) is 2.55. The number of aromatic nitrogens is 2. The molecule has 0 bridgehead atoms. The van der Waals surface area contributed by atoms with E-state index < -0.39 is 0 Å². The standard InChI is InChI=1S/C14H17N3O2/c18-14(13-3-1-10-19-13)16-8-4-12(5-9-16)11-17-7-2-6-15-17/h1-3,6-7,10,12H,4-5,8-9,11H2. The summed E-state index contributed by atoms with van der Waals surface area (Å²) in [7, 11) is 0. The molecule has 1 amide bonds. The SMILES string of the molecule is O=C(c1ccco1)N1CCC(Cn2cccn2)CC1. The number of nitrogens with zero attached hydrogens (tertiary/aromatic N) is 3. The summed E-state index contributed by atoms with van der Waals surface area (Å²) in [5.74, 6) is 1.04. The Morgan fingerprint density at radius 3 is 2.84 bits per heavy atom. The first-order valence-corrected chi connectivity index (χ1v) is 6.63. The second-order valence-corrected chi connectivity index (χ2v) is 4.94. The third-order valence-electron chi connectivity index (χ3n) is 3.64. The van der Waals surface area contributed by atoms with Gasteiger partial charge in [-0.1, -0.05) is 0 Å². The lowest BCUT2D eigenvalue weighted by molar-refractivity contribution is 0.0649. The zero-order valence-corrected chi connectivity index (χ0v) is 10.7. The number of carbonyl (C=O) groups excluding carboxylic acids is 1. The molecule has 5 nitrogen and oxygen atoms in total. The second-order valence-electron chi connectivity index (χ2n) is 4.94. The van der Waals surface area contributed by atoms with Crippen LogP contribution in [0.3, 0.4) is 0 Å². The largest absolute Gasteiger partial charge is 0.459 e. The van der Waals surface area contributed by atoms with Crippen LogP contribution in [0, 0.1) is 5.92 Å². The predicted octanol–water partition coefficient (Wildman–Crippen LogP) is 2.03. The first-order valence-electron chi connectivity index (χ1n) is 6.63. The molecule has 1 saturated heterocycles. The van der Waals surface area contributed by atoms with Crippen LogP contribution >= 0.6 is 0 Å². The van der Waals surface area contributed by atoms with Gasteiger partial charge in [0.25, 0.3) is 5.91 Å². The molecule has 5 heteroatoms. The van der Waals surface area contributed by atoms with Crippen molar-refractivity contribution in [1.82, 2.24) is 14.7 Å². The van der Waals surface area contributed by atoms with Gasteiger partial charge in [-0.05, 0) is 37.0 Å². The molecule has 0 saturated carbocycles. The lowest BCUT2D eigenvalue weighted by Crippen LogP contribution is -2.39. The van der Waals surface area contributed by atoms with Gasteiger partial charge in [0.15, 0.2) is 5.76 Å². The Hall–Kier alpha value is -2.04. The molecule has 2 aromatic heterocycles. The van der Waals surface area contributed by atoms with Crippen molar-refractivity contribution in [3.63, 3.8) is 0 Å². The summed E-state index contributed by atoms with van der Waals surface area (Å²) in [6.07, 6.45) is 7.37. The van der Waals surface area contributed by atoms with Crippen molar-refractivity contribution in [3.8, 4) is 0 Å². The highest BCUT2D eigenvalue weighted by atomic mass is 16.3. The van der Waals surface area contributed by atoms with Crippen LogP contribution in [-0.4, -0.2) is 33.7 Å². The molecule has 1 fully saturated rings. The molecule has 19 heavy (non-hydrogen) atoms. The summed E-state index contributed by atoms with van der Waals surface area (Å²) in [5.41, 5.74) is 0. The second kappa shape index (κ2) is 5.30. The molecule has 0 spiro atoms. The highest BCUT2D eigenvalue weighted by molar-refractivity contribution is 5.91. The number of amides is 1. The number of carbonyl (C=O) groups is 1. The third-order valence-corrected chi connectivity index (χ3v) is 3.64. The fraction of sp³-hybridized carbons (Fsp3) is 0.429. The lowest BCUT2D eigenvalue weighted by atomic mass is 9.96. The van der Waals surface area contributed by atoms with E-state index in [1.165, 1.54) is 6.26 Å². The molecule has 1 aliphatic rings. The van der Waals surface area contributed by atoms with Crippen LogP contribution in [0.4, 0.5) is 0 Å². The Morgan fingerprint density at radius 2 is 2.21 bits per heavy atom. The van der Waals surface area contributed by atoms with E-state index in [9.17, 15) is 4.79 Å². The van der Waals surface area contributed by atoms with Gasteiger partial charge in [-0.15, -0.1) is 0 Å². The average molecular weight is 259 g/mol. The minimum Gasteiger partial charge on any atom is -0.459 e. The number of hydrogen-bond acceptors (Lipinski definition) is 3.